The fourth-order valence-electron chi connectivity index (χ4n) is 6.25. The topological polar surface area (TPSA) is 68.1 Å². The number of carbonyl (C=O) groups excluding carboxylic acids is 2. The Hall–Kier alpha value is -4.95. The van der Waals surface area contributed by atoms with Crippen molar-refractivity contribution >= 4 is 45.2 Å². The van der Waals surface area contributed by atoms with E-state index in [1.54, 1.807) is 24.3 Å². The highest BCUT2D eigenvalue weighted by atomic mass is 35.5. The first-order valence-electron chi connectivity index (χ1n) is 14.3. The van der Waals surface area contributed by atoms with Crippen LogP contribution in [0.1, 0.15) is 33.9 Å². The first kappa shape index (κ1) is 27.9. The highest BCUT2D eigenvalue weighted by Crippen LogP contribution is 2.36. The molecule has 44 heavy (non-hydrogen) atoms. The minimum Gasteiger partial charge on any atom is -0.349 e. The predicted octanol–water partition coefficient (Wildman–Crippen LogP) is 7.60. The summed E-state index contributed by atoms with van der Waals surface area (Å²) in [6.45, 7) is 3.90. The number of carbonyl (C=O) groups is 2. The number of nitrogens with zero attached hydrogens (tertiary/aromatic N) is 2. The van der Waals surface area contributed by atoms with Crippen molar-refractivity contribution < 1.29 is 18.4 Å². The molecule has 6 aromatic rings. The largest absolute Gasteiger partial charge is 0.349 e. The number of halogens is 3. The summed E-state index contributed by atoms with van der Waals surface area (Å²) in [7, 11) is 0. The molecule has 9 heteroatoms. The number of hydrogen-bond acceptors (Lipinski definition) is 2. The van der Waals surface area contributed by atoms with Crippen LogP contribution in [0.25, 0.3) is 44.1 Å². The number of hydrogen-bond donors (Lipinski definition) is 2. The first-order valence-corrected chi connectivity index (χ1v) is 14.7. The van der Waals surface area contributed by atoms with E-state index in [0.29, 0.717) is 36.0 Å². The van der Waals surface area contributed by atoms with E-state index in [1.165, 1.54) is 24.3 Å². The summed E-state index contributed by atoms with van der Waals surface area (Å²) in [6.07, 6.45) is 0. The summed E-state index contributed by atoms with van der Waals surface area (Å²) < 4.78 is 32.0. The third kappa shape index (κ3) is 4.81. The van der Waals surface area contributed by atoms with E-state index in [4.69, 9.17) is 11.6 Å². The van der Waals surface area contributed by atoms with E-state index in [2.05, 4.69) is 10.6 Å². The monoisotopic (exact) mass is 608 g/mol. The van der Waals surface area contributed by atoms with Crippen molar-refractivity contribution in [1.82, 2.24) is 19.8 Å². The van der Waals surface area contributed by atoms with E-state index in [-0.39, 0.29) is 29.5 Å². The molecule has 0 radical (unpaired) electrons. The molecule has 0 fully saturated rings. The molecule has 0 unspecified atom stereocenters. The second kappa shape index (κ2) is 11.0. The molecule has 2 aliphatic rings. The lowest BCUT2D eigenvalue weighted by molar-refractivity contribution is 0.0915. The Bertz CT molecular complexity index is 2080. The average molecular weight is 609 g/mol. The molecular formula is C35H27ClF2N4O2. The number of fused-ring (bicyclic) bond motifs is 6. The van der Waals surface area contributed by atoms with E-state index in [1.807, 2.05) is 58.5 Å². The van der Waals surface area contributed by atoms with Crippen LogP contribution in [0, 0.1) is 11.6 Å². The summed E-state index contributed by atoms with van der Waals surface area (Å²) in [5.41, 5.74) is 6.39. The molecule has 8 rings (SSSR count). The van der Waals surface area contributed by atoms with Gasteiger partial charge in [-0.15, -0.1) is 0 Å². The molecule has 2 N–H and O–H groups in total. The lowest BCUT2D eigenvalue weighted by atomic mass is 10.0. The average Bonchev–Trinajstić information content (AvgIpc) is 3.60. The molecule has 0 saturated carbocycles. The quantitative estimate of drug-likeness (QED) is 0.213. The molecule has 2 aromatic heterocycles. The molecule has 220 valence electrons. The van der Waals surface area contributed by atoms with Crippen LogP contribution in [0.15, 0.2) is 91.0 Å². The smallest absolute Gasteiger partial charge is 0.268 e. The van der Waals surface area contributed by atoms with E-state index < -0.39 is 0 Å². The molecule has 1 atom stereocenters. The highest BCUT2D eigenvalue weighted by Gasteiger charge is 2.26. The first-order chi connectivity index (χ1) is 21.3. The third-order valence-electron chi connectivity index (χ3n) is 8.18. The summed E-state index contributed by atoms with van der Waals surface area (Å²) in [5.74, 6) is -0.832. The van der Waals surface area contributed by atoms with Gasteiger partial charge in [0.2, 0.25) is 0 Å². The lowest BCUT2D eigenvalue weighted by Gasteiger charge is -2.25. The molecule has 4 heterocycles. The fraction of sp³-hybridized carbons (Fsp3) is 0.143. The third-order valence-corrected chi connectivity index (χ3v) is 8.43. The molecule has 4 aromatic carbocycles. The minimum absolute atomic E-state index is 0.100. The second-order valence-electron chi connectivity index (χ2n) is 11.1. The van der Waals surface area contributed by atoms with Gasteiger partial charge in [-0.05, 0) is 66.6 Å². The Balaban J connectivity index is 0.000000143. The van der Waals surface area contributed by atoms with Crippen LogP contribution in [-0.4, -0.2) is 34.0 Å². The van der Waals surface area contributed by atoms with Crippen LogP contribution in [0.5, 0.6) is 0 Å². The maximum absolute atomic E-state index is 14.1. The van der Waals surface area contributed by atoms with Gasteiger partial charge < -0.3 is 19.8 Å². The van der Waals surface area contributed by atoms with Crippen LogP contribution in [0.4, 0.5) is 8.78 Å². The van der Waals surface area contributed by atoms with Crippen molar-refractivity contribution in [1.29, 1.82) is 0 Å². The van der Waals surface area contributed by atoms with Gasteiger partial charge in [-0.3, -0.25) is 9.59 Å². The molecule has 0 aliphatic carbocycles. The fourth-order valence-corrected chi connectivity index (χ4v) is 6.37. The van der Waals surface area contributed by atoms with E-state index >= 15 is 0 Å². The molecule has 2 aliphatic heterocycles. The standard InChI is InChI=1S/C18H14ClFN2O.C17H13FN2O/c1-10-9-21-18(23)16-7-12-6-14(20)8-15(17(12)22(10)16)11-2-4-13(19)5-3-11;18-13-8-12-9-15-17(21)19-6-7-20(15)16(12)14(10-13)11-4-2-1-3-5-11/h2-8,10H,9H2,1H3,(H,21,23);1-5,8-10H,6-7H2,(H,19,21)/t10-;/m1./s1. The minimum atomic E-state index is -0.321. The highest BCUT2D eigenvalue weighted by molar-refractivity contribution is 6.30. The number of amides is 2. The SMILES string of the molecule is C[C@@H]1CNC(=O)c2cc3cc(F)cc(-c4ccc(Cl)cc4)c3n21.O=C1NCCn2c1cc1cc(F)cc(-c3ccccc3)c12. The van der Waals surface area contributed by atoms with E-state index in [9.17, 15) is 18.4 Å². The zero-order valence-corrected chi connectivity index (χ0v) is 24.5. The van der Waals surface area contributed by atoms with Crippen molar-refractivity contribution in [2.24, 2.45) is 0 Å². The van der Waals surface area contributed by atoms with Crippen LogP contribution in [0.3, 0.4) is 0 Å². The van der Waals surface area contributed by atoms with Crippen LogP contribution in [-0.2, 0) is 6.54 Å². The Morgan fingerprint density at radius 1 is 0.727 bits per heavy atom. The van der Waals surface area contributed by atoms with Gasteiger partial charge in [0.25, 0.3) is 11.8 Å². The van der Waals surface area contributed by atoms with Gasteiger partial charge in [0.15, 0.2) is 0 Å². The molecular weight excluding hydrogens is 582 g/mol. The summed E-state index contributed by atoms with van der Waals surface area (Å²) >= 11 is 5.95. The number of nitrogens with one attached hydrogen (secondary N) is 2. The molecule has 0 bridgehead atoms. The Morgan fingerprint density at radius 3 is 2.02 bits per heavy atom. The van der Waals surface area contributed by atoms with Gasteiger partial charge in [0.05, 0.1) is 11.0 Å². The maximum Gasteiger partial charge on any atom is 0.268 e. The van der Waals surface area contributed by atoms with Gasteiger partial charge in [-0.2, -0.15) is 0 Å². The van der Waals surface area contributed by atoms with Crippen molar-refractivity contribution in [3.8, 4) is 22.3 Å². The van der Waals surface area contributed by atoms with Gasteiger partial charge >= 0.3 is 0 Å². The zero-order valence-electron chi connectivity index (χ0n) is 23.7. The van der Waals surface area contributed by atoms with Crippen LogP contribution < -0.4 is 10.6 Å². The lowest BCUT2D eigenvalue weighted by Crippen LogP contribution is -2.37. The molecule has 2 amide bonds. The number of rotatable bonds is 2. The maximum atomic E-state index is 14.1. The molecule has 6 nitrogen and oxygen atoms in total. The molecule has 0 saturated heterocycles. The van der Waals surface area contributed by atoms with Crippen LogP contribution in [0.2, 0.25) is 5.02 Å². The Morgan fingerprint density at radius 2 is 1.32 bits per heavy atom. The summed E-state index contributed by atoms with van der Waals surface area (Å²) in [5, 5.41) is 7.80. The summed E-state index contributed by atoms with van der Waals surface area (Å²) in [4.78, 5) is 24.1. The van der Waals surface area contributed by atoms with Crippen molar-refractivity contribution in [2.75, 3.05) is 13.1 Å². The molecule has 0 spiro atoms. The number of benzene rings is 4. The number of aromatic nitrogens is 2. The van der Waals surface area contributed by atoms with Gasteiger partial charge in [0, 0.05) is 52.6 Å². The van der Waals surface area contributed by atoms with E-state index in [0.717, 1.165) is 44.1 Å². The normalized spacial score (nSPS) is 15.7. The van der Waals surface area contributed by atoms with Gasteiger partial charge in [-0.1, -0.05) is 54.1 Å². The predicted molar refractivity (Wildman–Crippen MR) is 169 cm³/mol. The van der Waals surface area contributed by atoms with Crippen molar-refractivity contribution in [3.63, 3.8) is 0 Å². The second-order valence-corrected chi connectivity index (χ2v) is 11.5. The van der Waals surface area contributed by atoms with Crippen LogP contribution >= 0.6 is 11.6 Å². The van der Waals surface area contributed by atoms with Gasteiger partial charge in [0.1, 0.15) is 23.0 Å². The van der Waals surface area contributed by atoms with Crippen molar-refractivity contribution in [2.45, 2.75) is 19.5 Å². The Kier molecular flexibility index (Phi) is 6.94. The Labute approximate surface area is 256 Å². The van der Waals surface area contributed by atoms with Crippen molar-refractivity contribution in [3.05, 3.63) is 119 Å². The zero-order chi connectivity index (χ0) is 30.5. The summed E-state index contributed by atoms with van der Waals surface area (Å²) in [6, 6.07) is 26.6. The van der Waals surface area contributed by atoms with Gasteiger partial charge in [-0.25, -0.2) is 8.78 Å².